The van der Waals surface area contributed by atoms with Crippen LogP contribution in [0.4, 0.5) is 0 Å². The van der Waals surface area contributed by atoms with Crippen molar-refractivity contribution in [3.63, 3.8) is 0 Å². The van der Waals surface area contributed by atoms with Gasteiger partial charge in [0.1, 0.15) is 5.01 Å². The van der Waals surface area contributed by atoms with Crippen molar-refractivity contribution in [3.8, 4) is 10.6 Å². The fraction of sp³-hybridized carbons (Fsp3) is 0.263. The Balaban J connectivity index is 1.33. The Morgan fingerprint density at radius 1 is 1.08 bits per heavy atom. The Labute approximate surface area is 150 Å². The maximum Gasteiger partial charge on any atom is 0.289 e. The van der Waals surface area contributed by atoms with Crippen molar-refractivity contribution in [1.82, 2.24) is 14.8 Å². The van der Waals surface area contributed by atoms with E-state index in [9.17, 15) is 4.79 Å². The molecule has 0 N–H and O–H groups in total. The summed E-state index contributed by atoms with van der Waals surface area (Å²) in [5.74, 6) is 0.394. The highest BCUT2D eigenvalue weighted by atomic mass is 32.1. The number of benzene rings is 1. The molecule has 0 spiro atoms. The van der Waals surface area contributed by atoms with E-state index in [4.69, 9.17) is 9.40 Å². The van der Waals surface area contributed by atoms with Gasteiger partial charge in [-0.3, -0.25) is 9.69 Å². The summed E-state index contributed by atoms with van der Waals surface area (Å²) in [6, 6.07) is 13.7. The largest absolute Gasteiger partial charge is 0.459 e. The zero-order chi connectivity index (χ0) is 17.1. The second-order valence-electron chi connectivity index (χ2n) is 6.06. The monoisotopic (exact) mass is 353 g/mol. The normalized spacial score (nSPS) is 15.4. The first-order valence-corrected chi connectivity index (χ1v) is 9.22. The number of rotatable bonds is 4. The first-order valence-electron chi connectivity index (χ1n) is 8.34. The number of hydrogen-bond acceptors (Lipinski definition) is 5. The van der Waals surface area contributed by atoms with E-state index >= 15 is 0 Å². The Hall–Kier alpha value is -2.44. The first kappa shape index (κ1) is 16.1. The smallest absolute Gasteiger partial charge is 0.289 e. The number of thiazole rings is 1. The number of amides is 1. The zero-order valence-corrected chi connectivity index (χ0v) is 14.6. The number of hydrogen-bond donors (Lipinski definition) is 0. The van der Waals surface area contributed by atoms with Crippen LogP contribution in [0.1, 0.15) is 16.2 Å². The Bertz CT molecular complexity index is 821. The predicted molar refractivity (Wildman–Crippen MR) is 97.4 cm³/mol. The van der Waals surface area contributed by atoms with Crippen LogP contribution in [0, 0.1) is 0 Å². The van der Waals surface area contributed by atoms with Crippen molar-refractivity contribution in [3.05, 3.63) is 65.6 Å². The van der Waals surface area contributed by atoms with Crippen molar-refractivity contribution >= 4 is 17.2 Å². The Morgan fingerprint density at radius 3 is 2.60 bits per heavy atom. The number of aromatic nitrogens is 1. The molecule has 0 atom stereocenters. The highest BCUT2D eigenvalue weighted by Gasteiger charge is 2.24. The molecule has 0 unspecified atom stereocenters. The third kappa shape index (κ3) is 3.65. The van der Waals surface area contributed by atoms with Crippen LogP contribution in [-0.4, -0.2) is 46.9 Å². The van der Waals surface area contributed by atoms with E-state index in [0.29, 0.717) is 5.76 Å². The maximum atomic E-state index is 12.3. The van der Waals surface area contributed by atoms with Gasteiger partial charge in [-0.1, -0.05) is 30.3 Å². The van der Waals surface area contributed by atoms with Crippen molar-refractivity contribution in [2.24, 2.45) is 0 Å². The second-order valence-corrected chi connectivity index (χ2v) is 6.91. The summed E-state index contributed by atoms with van der Waals surface area (Å²) < 4.78 is 5.20. The summed E-state index contributed by atoms with van der Waals surface area (Å²) in [4.78, 5) is 21.2. The van der Waals surface area contributed by atoms with Gasteiger partial charge in [0.2, 0.25) is 0 Å². The topological polar surface area (TPSA) is 49.6 Å². The maximum absolute atomic E-state index is 12.3. The SMILES string of the molecule is O=C(c1ccco1)N1CCN(Cc2csc(-c3ccccc3)n2)CC1. The third-order valence-corrected chi connectivity index (χ3v) is 5.29. The van der Waals surface area contributed by atoms with Gasteiger partial charge in [0.15, 0.2) is 5.76 Å². The molecular weight excluding hydrogens is 334 g/mol. The van der Waals surface area contributed by atoms with E-state index in [1.807, 2.05) is 23.1 Å². The van der Waals surface area contributed by atoms with E-state index in [1.165, 1.54) is 6.26 Å². The van der Waals surface area contributed by atoms with Gasteiger partial charge >= 0.3 is 0 Å². The van der Waals surface area contributed by atoms with E-state index < -0.39 is 0 Å². The fourth-order valence-electron chi connectivity index (χ4n) is 2.99. The summed E-state index contributed by atoms with van der Waals surface area (Å²) in [7, 11) is 0. The van der Waals surface area contributed by atoms with Crippen LogP contribution in [0.2, 0.25) is 0 Å². The lowest BCUT2D eigenvalue weighted by Gasteiger charge is -2.33. The van der Waals surface area contributed by atoms with Gasteiger partial charge in [-0.25, -0.2) is 4.98 Å². The number of carbonyl (C=O) groups excluding carboxylic acids is 1. The summed E-state index contributed by atoms with van der Waals surface area (Å²) >= 11 is 1.68. The molecule has 0 aliphatic carbocycles. The minimum atomic E-state index is -0.0235. The number of nitrogens with zero attached hydrogens (tertiary/aromatic N) is 3. The number of carbonyl (C=O) groups is 1. The van der Waals surface area contributed by atoms with Gasteiger partial charge in [-0.15, -0.1) is 11.3 Å². The van der Waals surface area contributed by atoms with E-state index in [2.05, 4.69) is 22.4 Å². The Morgan fingerprint density at radius 2 is 1.88 bits per heavy atom. The zero-order valence-electron chi connectivity index (χ0n) is 13.8. The standard InChI is InChI=1S/C19H19N3O2S/c23-19(17-7-4-12-24-17)22-10-8-21(9-11-22)13-16-14-25-18(20-16)15-5-2-1-3-6-15/h1-7,12,14H,8-11,13H2. The van der Waals surface area contributed by atoms with E-state index in [1.54, 1.807) is 23.5 Å². The molecule has 6 heteroatoms. The van der Waals surface area contributed by atoms with Crippen LogP contribution in [0.3, 0.4) is 0 Å². The molecule has 0 bridgehead atoms. The second kappa shape index (κ2) is 7.21. The molecule has 128 valence electrons. The van der Waals surface area contributed by atoms with Crippen molar-refractivity contribution in [2.75, 3.05) is 26.2 Å². The lowest BCUT2D eigenvalue weighted by molar-refractivity contribution is 0.0596. The van der Waals surface area contributed by atoms with Crippen LogP contribution in [0.15, 0.2) is 58.5 Å². The molecule has 2 aromatic heterocycles. The van der Waals surface area contributed by atoms with E-state index in [-0.39, 0.29) is 5.91 Å². The molecule has 0 radical (unpaired) electrons. The number of piperazine rings is 1. The molecule has 0 saturated carbocycles. The molecule has 3 aromatic rings. The predicted octanol–water partition coefficient (Wildman–Crippen LogP) is 3.36. The molecular formula is C19H19N3O2S. The van der Waals surface area contributed by atoms with Gasteiger partial charge in [0, 0.05) is 43.7 Å². The summed E-state index contributed by atoms with van der Waals surface area (Å²) in [5, 5.41) is 3.19. The quantitative estimate of drug-likeness (QED) is 0.722. The number of furan rings is 1. The molecule has 1 aliphatic heterocycles. The minimum Gasteiger partial charge on any atom is -0.459 e. The van der Waals surface area contributed by atoms with Crippen LogP contribution in [0.25, 0.3) is 10.6 Å². The average molecular weight is 353 g/mol. The first-order chi connectivity index (χ1) is 12.3. The fourth-order valence-corrected chi connectivity index (χ4v) is 3.80. The molecule has 4 rings (SSSR count). The van der Waals surface area contributed by atoms with Crippen molar-refractivity contribution in [2.45, 2.75) is 6.54 Å². The van der Waals surface area contributed by atoms with E-state index in [0.717, 1.165) is 49.0 Å². The lowest BCUT2D eigenvalue weighted by Crippen LogP contribution is -2.48. The van der Waals surface area contributed by atoms with Gasteiger partial charge in [-0.2, -0.15) is 0 Å². The summed E-state index contributed by atoms with van der Waals surface area (Å²) in [6.45, 7) is 3.96. The molecule has 1 amide bonds. The van der Waals surface area contributed by atoms with Crippen LogP contribution in [0.5, 0.6) is 0 Å². The van der Waals surface area contributed by atoms with Crippen LogP contribution < -0.4 is 0 Å². The van der Waals surface area contributed by atoms with Gasteiger partial charge in [0.05, 0.1) is 12.0 Å². The van der Waals surface area contributed by atoms with Gasteiger partial charge < -0.3 is 9.32 Å². The lowest BCUT2D eigenvalue weighted by atomic mass is 10.2. The van der Waals surface area contributed by atoms with Crippen LogP contribution in [-0.2, 0) is 6.54 Å². The molecule has 5 nitrogen and oxygen atoms in total. The molecule has 25 heavy (non-hydrogen) atoms. The molecule has 1 fully saturated rings. The highest BCUT2D eigenvalue weighted by Crippen LogP contribution is 2.24. The molecule has 1 aliphatic rings. The molecule has 1 saturated heterocycles. The average Bonchev–Trinajstić information content (AvgIpc) is 3.35. The third-order valence-electron chi connectivity index (χ3n) is 4.35. The highest BCUT2D eigenvalue weighted by molar-refractivity contribution is 7.13. The Kier molecular flexibility index (Phi) is 4.63. The molecule has 3 heterocycles. The van der Waals surface area contributed by atoms with Crippen molar-refractivity contribution in [1.29, 1.82) is 0 Å². The van der Waals surface area contributed by atoms with Gasteiger partial charge in [0.25, 0.3) is 5.91 Å². The minimum absolute atomic E-state index is 0.0235. The summed E-state index contributed by atoms with van der Waals surface area (Å²) in [6.07, 6.45) is 1.54. The summed E-state index contributed by atoms with van der Waals surface area (Å²) in [5.41, 5.74) is 2.25. The van der Waals surface area contributed by atoms with Crippen molar-refractivity contribution < 1.29 is 9.21 Å². The van der Waals surface area contributed by atoms with Gasteiger partial charge in [-0.05, 0) is 12.1 Å². The molecule has 1 aromatic carbocycles. The van der Waals surface area contributed by atoms with Crippen LogP contribution >= 0.6 is 11.3 Å².